The normalized spacial score (nSPS) is 11.5. The summed E-state index contributed by atoms with van der Waals surface area (Å²) in [7, 11) is -3.94. The Labute approximate surface area is 145 Å². The van der Waals surface area contributed by atoms with Crippen LogP contribution in [0.5, 0.6) is 0 Å². The first-order valence-corrected chi connectivity index (χ1v) is 8.94. The lowest BCUT2D eigenvalue weighted by Crippen LogP contribution is -2.26. The van der Waals surface area contributed by atoms with Crippen LogP contribution in [0.2, 0.25) is 0 Å². The number of carboxylic acids is 1. The van der Waals surface area contributed by atoms with E-state index in [1.54, 1.807) is 0 Å². The standard InChI is InChI=1S/C15H12BrF2NO4S/c16-11-6-10(15(20)21)7-12(8-11)24(22,23)19-4-3-9-1-2-13(17)14(18)5-9/h1-2,5-8,19H,3-4H2,(H,20,21). The molecule has 0 aliphatic heterocycles. The second kappa shape index (κ2) is 7.37. The van der Waals surface area contributed by atoms with Gasteiger partial charge in [0.25, 0.3) is 0 Å². The van der Waals surface area contributed by atoms with Gasteiger partial charge >= 0.3 is 5.97 Å². The second-order valence-corrected chi connectivity index (χ2v) is 7.56. The predicted octanol–water partition coefficient (Wildman–Crippen LogP) is 2.95. The fourth-order valence-corrected chi connectivity index (χ4v) is 3.70. The van der Waals surface area contributed by atoms with Crippen molar-refractivity contribution in [3.05, 3.63) is 63.6 Å². The van der Waals surface area contributed by atoms with Gasteiger partial charge in [-0.2, -0.15) is 0 Å². The average molecular weight is 420 g/mol. The number of hydrogen-bond acceptors (Lipinski definition) is 3. The van der Waals surface area contributed by atoms with Crippen LogP contribution >= 0.6 is 15.9 Å². The Hall–Kier alpha value is -1.84. The van der Waals surface area contributed by atoms with Crippen molar-refractivity contribution in [2.45, 2.75) is 11.3 Å². The van der Waals surface area contributed by atoms with Gasteiger partial charge in [0.2, 0.25) is 10.0 Å². The minimum absolute atomic E-state index is 0.0533. The predicted molar refractivity (Wildman–Crippen MR) is 86.4 cm³/mol. The Morgan fingerprint density at radius 3 is 2.46 bits per heavy atom. The number of hydrogen-bond donors (Lipinski definition) is 2. The van der Waals surface area contributed by atoms with Gasteiger partial charge in [-0.1, -0.05) is 22.0 Å². The van der Waals surface area contributed by atoms with Gasteiger partial charge in [-0.25, -0.2) is 26.7 Å². The molecule has 0 aromatic heterocycles. The Kier molecular flexibility index (Phi) is 5.68. The van der Waals surface area contributed by atoms with E-state index in [2.05, 4.69) is 20.7 Å². The zero-order valence-corrected chi connectivity index (χ0v) is 14.5. The minimum atomic E-state index is -3.94. The molecule has 9 heteroatoms. The van der Waals surface area contributed by atoms with Gasteiger partial charge < -0.3 is 5.11 Å². The lowest BCUT2D eigenvalue weighted by molar-refractivity contribution is 0.0696. The molecule has 0 aliphatic rings. The molecule has 0 saturated heterocycles. The van der Waals surface area contributed by atoms with Crippen LogP contribution < -0.4 is 4.72 Å². The number of rotatable bonds is 6. The summed E-state index contributed by atoms with van der Waals surface area (Å²) in [5, 5.41) is 8.97. The maximum atomic E-state index is 13.1. The first-order chi connectivity index (χ1) is 11.2. The van der Waals surface area contributed by atoms with E-state index in [9.17, 15) is 22.0 Å². The Bertz CT molecular complexity index is 887. The Morgan fingerprint density at radius 1 is 1.12 bits per heavy atom. The van der Waals surface area contributed by atoms with Gasteiger partial charge in [-0.15, -0.1) is 0 Å². The number of halogens is 3. The van der Waals surface area contributed by atoms with E-state index in [1.165, 1.54) is 18.2 Å². The summed E-state index contributed by atoms with van der Waals surface area (Å²) >= 11 is 3.06. The molecule has 0 atom stereocenters. The molecule has 2 aromatic rings. The van der Waals surface area contributed by atoms with Crippen LogP contribution in [0.15, 0.2) is 45.8 Å². The fourth-order valence-electron chi connectivity index (χ4n) is 1.95. The number of benzene rings is 2. The smallest absolute Gasteiger partial charge is 0.335 e. The van der Waals surface area contributed by atoms with Crippen molar-refractivity contribution >= 4 is 31.9 Å². The van der Waals surface area contributed by atoms with Crippen LogP contribution in [-0.4, -0.2) is 26.0 Å². The van der Waals surface area contributed by atoms with Crippen molar-refractivity contribution in [1.82, 2.24) is 4.72 Å². The summed E-state index contributed by atoms with van der Waals surface area (Å²) in [5.74, 6) is -3.24. The molecule has 0 bridgehead atoms. The zero-order chi connectivity index (χ0) is 17.9. The third-order valence-corrected chi connectivity index (χ3v) is 5.02. The van der Waals surface area contributed by atoms with Crippen molar-refractivity contribution in [3.63, 3.8) is 0 Å². The van der Waals surface area contributed by atoms with E-state index >= 15 is 0 Å². The summed E-state index contributed by atoms with van der Waals surface area (Å²) in [6.07, 6.45) is 0.149. The van der Waals surface area contributed by atoms with E-state index in [0.29, 0.717) is 10.0 Å². The van der Waals surface area contributed by atoms with Gasteiger partial charge in [0.15, 0.2) is 11.6 Å². The molecular weight excluding hydrogens is 408 g/mol. The molecule has 2 aromatic carbocycles. The average Bonchev–Trinajstić information content (AvgIpc) is 2.50. The third-order valence-electron chi connectivity index (χ3n) is 3.12. The molecule has 0 heterocycles. The Balaban J connectivity index is 2.11. The zero-order valence-electron chi connectivity index (χ0n) is 12.1. The van der Waals surface area contributed by atoms with E-state index in [-0.39, 0.29) is 23.4 Å². The fraction of sp³-hybridized carbons (Fsp3) is 0.133. The molecule has 2 N–H and O–H groups in total. The number of aromatic carboxylic acids is 1. The number of carboxylic acid groups (broad SMARTS) is 1. The quantitative estimate of drug-likeness (QED) is 0.753. The third kappa shape index (κ3) is 4.59. The van der Waals surface area contributed by atoms with Gasteiger partial charge in [0, 0.05) is 11.0 Å². The molecule has 0 unspecified atom stereocenters. The summed E-state index contributed by atoms with van der Waals surface area (Å²) in [5.41, 5.74) is 0.252. The maximum Gasteiger partial charge on any atom is 0.335 e. The number of sulfonamides is 1. The van der Waals surface area contributed by atoms with Gasteiger partial charge in [-0.05, 0) is 42.3 Å². The van der Waals surface area contributed by atoms with Crippen molar-refractivity contribution in [2.75, 3.05) is 6.54 Å². The highest BCUT2D eigenvalue weighted by molar-refractivity contribution is 9.10. The monoisotopic (exact) mass is 419 g/mol. The maximum absolute atomic E-state index is 13.1. The molecule has 0 fully saturated rings. The van der Waals surface area contributed by atoms with Crippen molar-refractivity contribution in [3.8, 4) is 0 Å². The molecule has 0 aliphatic carbocycles. The summed E-state index contributed by atoms with van der Waals surface area (Å²) in [6.45, 7) is -0.0533. The van der Waals surface area contributed by atoms with Crippen LogP contribution in [0, 0.1) is 11.6 Å². The lowest BCUT2D eigenvalue weighted by Gasteiger charge is -2.08. The molecule has 128 valence electrons. The second-order valence-electron chi connectivity index (χ2n) is 4.88. The summed E-state index contributed by atoms with van der Waals surface area (Å²) in [4.78, 5) is 10.8. The molecule has 2 rings (SSSR count). The van der Waals surface area contributed by atoms with Crippen LogP contribution in [0.3, 0.4) is 0 Å². The molecule has 0 radical (unpaired) electrons. The van der Waals surface area contributed by atoms with E-state index in [1.807, 2.05) is 0 Å². The topological polar surface area (TPSA) is 83.5 Å². The van der Waals surface area contributed by atoms with Crippen LogP contribution in [0.1, 0.15) is 15.9 Å². The van der Waals surface area contributed by atoms with E-state index in [0.717, 1.165) is 18.2 Å². The van der Waals surface area contributed by atoms with Crippen LogP contribution in [0.25, 0.3) is 0 Å². The Morgan fingerprint density at radius 2 is 1.83 bits per heavy atom. The number of carbonyl (C=O) groups is 1. The first-order valence-electron chi connectivity index (χ1n) is 6.66. The van der Waals surface area contributed by atoms with Crippen molar-refractivity contribution in [2.24, 2.45) is 0 Å². The highest BCUT2D eigenvalue weighted by Crippen LogP contribution is 2.19. The van der Waals surface area contributed by atoms with Crippen LogP contribution in [0.4, 0.5) is 8.78 Å². The lowest BCUT2D eigenvalue weighted by atomic mass is 10.1. The van der Waals surface area contributed by atoms with Crippen molar-refractivity contribution < 1.29 is 27.1 Å². The SMILES string of the molecule is O=C(O)c1cc(Br)cc(S(=O)(=O)NCCc2ccc(F)c(F)c2)c1. The largest absolute Gasteiger partial charge is 0.478 e. The summed E-state index contributed by atoms with van der Waals surface area (Å²) in [6, 6.07) is 6.90. The van der Waals surface area contributed by atoms with Gasteiger partial charge in [0.05, 0.1) is 10.5 Å². The molecular formula is C15H12BrF2NO4S. The molecule has 0 spiro atoms. The van der Waals surface area contributed by atoms with Gasteiger partial charge in [-0.3, -0.25) is 0 Å². The van der Waals surface area contributed by atoms with Gasteiger partial charge in [0.1, 0.15) is 0 Å². The van der Waals surface area contributed by atoms with E-state index in [4.69, 9.17) is 5.11 Å². The van der Waals surface area contributed by atoms with Crippen molar-refractivity contribution in [1.29, 1.82) is 0 Å². The molecule has 0 saturated carbocycles. The highest BCUT2D eigenvalue weighted by atomic mass is 79.9. The highest BCUT2D eigenvalue weighted by Gasteiger charge is 2.17. The minimum Gasteiger partial charge on any atom is -0.478 e. The van der Waals surface area contributed by atoms with E-state index < -0.39 is 27.6 Å². The molecule has 5 nitrogen and oxygen atoms in total. The first kappa shape index (κ1) is 18.5. The number of nitrogens with one attached hydrogen (secondary N) is 1. The van der Waals surface area contributed by atoms with Crippen LogP contribution in [-0.2, 0) is 16.4 Å². The summed E-state index contributed by atoms with van der Waals surface area (Å²) < 4.78 is 53.0. The molecule has 0 amide bonds. The molecule has 24 heavy (non-hydrogen) atoms.